The summed E-state index contributed by atoms with van der Waals surface area (Å²) in [7, 11) is 0. The summed E-state index contributed by atoms with van der Waals surface area (Å²) in [6.45, 7) is 5.72. The van der Waals surface area contributed by atoms with E-state index in [1.54, 1.807) is 13.2 Å². The Balaban J connectivity index is 3.15. The summed E-state index contributed by atoms with van der Waals surface area (Å²) in [5.74, 6) is -2.02. The smallest absolute Gasteiger partial charge is 0.330 e. The van der Waals surface area contributed by atoms with E-state index in [-0.39, 0.29) is 37.0 Å². The lowest BCUT2D eigenvalue weighted by Crippen LogP contribution is -2.55. The molecular formula is C26H38N4O6S. The number of amides is 4. The first-order valence-electron chi connectivity index (χ1n) is 12.2. The number of carbonyl (C=O) groups excluding carboxylic acids is 5. The number of rotatable bonds is 15. The lowest BCUT2D eigenvalue weighted by Gasteiger charge is -2.25. The highest BCUT2D eigenvalue weighted by molar-refractivity contribution is 8.12. The number of carbonyl (C=O) groups is 5. The van der Waals surface area contributed by atoms with Crippen LogP contribution in [0.15, 0.2) is 42.5 Å². The van der Waals surface area contributed by atoms with E-state index in [0.717, 1.165) is 17.3 Å². The van der Waals surface area contributed by atoms with Crippen molar-refractivity contribution in [2.75, 3.05) is 12.9 Å². The molecule has 1 rings (SSSR count). The summed E-state index contributed by atoms with van der Waals surface area (Å²) in [5.41, 5.74) is 6.08. The fourth-order valence-electron chi connectivity index (χ4n) is 3.42. The van der Waals surface area contributed by atoms with Gasteiger partial charge < -0.3 is 26.4 Å². The maximum Gasteiger partial charge on any atom is 0.330 e. The van der Waals surface area contributed by atoms with Gasteiger partial charge >= 0.3 is 5.97 Å². The van der Waals surface area contributed by atoms with Crippen molar-refractivity contribution < 1.29 is 28.7 Å². The minimum Gasteiger partial charge on any atom is -0.463 e. The zero-order valence-electron chi connectivity index (χ0n) is 21.8. The second-order valence-corrected chi connectivity index (χ2v) is 9.58. The molecule has 3 atom stereocenters. The van der Waals surface area contributed by atoms with Crippen LogP contribution in [0, 0.1) is 5.92 Å². The molecule has 0 saturated carbocycles. The first kappa shape index (κ1) is 31.7. The van der Waals surface area contributed by atoms with Crippen LogP contribution in [0.25, 0.3) is 0 Å². The fraction of sp³-hybridized carbons (Fsp3) is 0.500. The predicted octanol–water partition coefficient (Wildman–Crippen LogP) is 2.07. The summed E-state index contributed by atoms with van der Waals surface area (Å²) in [6, 6.07) is 6.64. The SMILES string of the molecule is CCOC(=O)/C=C/[C@H](CCC(N)=O)NC(=O)[C@H](Cc1ccccc1)NC(=O)[C@H](CC(C)C)NC(=O)SC. The lowest BCUT2D eigenvalue weighted by molar-refractivity contribution is -0.137. The molecule has 0 unspecified atom stereocenters. The van der Waals surface area contributed by atoms with E-state index < -0.39 is 41.8 Å². The van der Waals surface area contributed by atoms with Crippen LogP contribution in [0.3, 0.4) is 0 Å². The van der Waals surface area contributed by atoms with E-state index in [9.17, 15) is 24.0 Å². The standard InChI is InChI=1S/C26H38N4O6S/c1-5-36-23(32)14-12-19(11-13-22(27)31)28-24(33)21(16-18-9-7-6-8-10-18)29-25(34)20(15-17(2)3)30-26(35)37-4/h6-10,12,14,17,19-21H,5,11,13,15-16H2,1-4H3,(H2,27,31)(H,28,33)(H,29,34)(H,30,35)/b14-12+/t19-,20-,21-/m0/s1. The molecule has 0 aliphatic rings. The van der Waals surface area contributed by atoms with E-state index in [1.165, 1.54) is 12.2 Å². The van der Waals surface area contributed by atoms with Crippen molar-refractivity contribution in [3.8, 4) is 0 Å². The summed E-state index contributed by atoms with van der Waals surface area (Å²) in [4.78, 5) is 61.6. The molecule has 10 nitrogen and oxygen atoms in total. The third-order valence-electron chi connectivity index (χ3n) is 5.20. The van der Waals surface area contributed by atoms with Gasteiger partial charge in [-0.15, -0.1) is 0 Å². The van der Waals surface area contributed by atoms with E-state index in [0.29, 0.717) is 6.42 Å². The van der Waals surface area contributed by atoms with Crippen LogP contribution >= 0.6 is 11.8 Å². The fourth-order valence-corrected chi connectivity index (χ4v) is 3.68. The molecule has 0 spiro atoms. The quantitative estimate of drug-likeness (QED) is 0.198. The first-order chi connectivity index (χ1) is 17.5. The van der Waals surface area contributed by atoms with Gasteiger partial charge in [-0.05, 0) is 37.5 Å². The molecule has 204 valence electrons. The Kier molecular flexibility index (Phi) is 14.7. The van der Waals surface area contributed by atoms with Gasteiger partial charge in [0.2, 0.25) is 17.7 Å². The third kappa shape index (κ3) is 13.5. The molecule has 11 heteroatoms. The maximum atomic E-state index is 13.3. The molecular weight excluding hydrogens is 496 g/mol. The molecule has 4 amide bonds. The van der Waals surface area contributed by atoms with Crippen LogP contribution in [0.5, 0.6) is 0 Å². The molecule has 0 radical (unpaired) electrons. The Morgan fingerprint density at radius 3 is 2.22 bits per heavy atom. The number of benzene rings is 1. The summed E-state index contributed by atoms with van der Waals surface area (Å²) in [6.07, 6.45) is 4.93. The summed E-state index contributed by atoms with van der Waals surface area (Å²) >= 11 is 0.960. The molecule has 1 aromatic rings. The van der Waals surface area contributed by atoms with Crippen molar-refractivity contribution in [2.45, 2.75) is 64.6 Å². The number of hydrogen-bond acceptors (Lipinski definition) is 7. The van der Waals surface area contributed by atoms with E-state index in [2.05, 4.69) is 16.0 Å². The normalized spacial score (nSPS) is 13.4. The highest BCUT2D eigenvalue weighted by Gasteiger charge is 2.28. The van der Waals surface area contributed by atoms with E-state index in [1.807, 2.05) is 44.2 Å². The topological polar surface area (TPSA) is 157 Å². The average molecular weight is 535 g/mol. The number of nitrogens with one attached hydrogen (secondary N) is 3. The Morgan fingerprint density at radius 1 is 1.00 bits per heavy atom. The number of ether oxygens (including phenoxy) is 1. The van der Waals surface area contributed by atoms with Crippen LogP contribution in [-0.4, -0.2) is 59.9 Å². The highest BCUT2D eigenvalue weighted by Crippen LogP contribution is 2.10. The molecule has 37 heavy (non-hydrogen) atoms. The van der Waals surface area contributed by atoms with Gasteiger partial charge in [0.15, 0.2) is 0 Å². The van der Waals surface area contributed by atoms with Gasteiger partial charge in [-0.2, -0.15) is 0 Å². The van der Waals surface area contributed by atoms with Gasteiger partial charge in [-0.25, -0.2) is 4.79 Å². The van der Waals surface area contributed by atoms with Gasteiger partial charge in [0.1, 0.15) is 12.1 Å². The molecule has 0 bridgehead atoms. The number of thioether (sulfide) groups is 1. The Hall–Kier alpha value is -3.34. The Bertz CT molecular complexity index is 938. The van der Waals surface area contributed by atoms with Gasteiger partial charge in [-0.3, -0.25) is 19.2 Å². The minimum atomic E-state index is -0.984. The number of hydrogen-bond donors (Lipinski definition) is 4. The van der Waals surface area contributed by atoms with E-state index in [4.69, 9.17) is 10.5 Å². The lowest BCUT2D eigenvalue weighted by atomic mass is 10.0. The van der Waals surface area contributed by atoms with Gasteiger partial charge in [-0.1, -0.05) is 62.0 Å². The largest absolute Gasteiger partial charge is 0.463 e. The average Bonchev–Trinajstić information content (AvgIpc) is 2.85. The van der Waals surface area contributed by atoms with Crippen molar-refractivity contribution in [1.29, 1.82) is 0 Å². The second kappa shape index (κ2) is 17.2. The van der Waals surface area contributed by atoms with Gasteiger partial charge in [0.05, 0.1) is 6.61 Å². The monoisotopic (exact) mass is 534 g/mol. The Labute approximate surface area is 222 Å². The summed E-state index contributed by atoms with van der Waals surface area (Å²) < 4.78 is 4.88. The Morgan fingerprint density at radius 2 is 1.65 bits per heavy atom. The van der Waals surface area contributed by atoms with Crippen LogP contribution in [0.2, 0.25) is 0 Å². The summed E-state index contributed by atoms with van der Waals surface area (Å²) in [5, 5.41) is 7.90. The molecule has 0 saturated heterocycles. The zero-order chi connectivity index (χ0) is 27.8. The minimum absolute atomic E-state index is 0.0228. The molecule has 0 heterocycles. The van der Waals surface area contributed by atoms with Crippen molar-refractivity contribution >= 4 is 40.7 Å². The van der Waals surface area contributed by atoms with Crippen LogP contribution in [0.1, 0.15) is 45.6 Å². The number of esters is 1. The van der Waals surface area contributed by atoms with Gasteiger partial charge in [0.25, 0.3) is 5.24 Å². The second-order valence-electron chi connectivity index (χ2n) is 8.80. The molecule has 1 aromatic carbocycles. The predicted molar refractivity (Wildman–Crippen MR) is 143 cm³/mol. The highest BCUT2D eigenvalue weighted by atomic mass is 32.2. The molecule has 0 aliphatic carbocycles. The molecule has 5 N–H and O–H groups in total. The van der Waals surface area contributed by atoms with Crippen LogP contribution < -0.4 is 21.7 Å². The molecule has 0 fully saturated rings. The third-order valence-corrected chi connectivity index (χ3v) is 5.69. The zero-order valence-corrected chi connectivity index (χ0v) is 22.6. The van der Waals surface area contributed by atoms with Crippen molar-refractivity contribution in [2.24, 2.45) is 11.7 Å². The van der Waals surface area contributed by atoms with Crippen LogP contribution in [0.4, 0.5) is 4.79 Å². The van der Waals surface area contributed by atoms with Crippen molar-refractivity contribution in [1.82, 2.24) is 16.0 Å². The first-order valence-corrected chi connectivity index (χ1v) is 13.4. The maximum absolute atomic E-state index is 13.3. The van der Waals surface area contributed by atoms with Crippen molar-refractivity contribution in [3.05, 3.63) is 48.0 Å². The van der Waals surface area contributed by atoms with Crippen LogP contribution in [-0.2, 0) is 30.3 Å². The molecule has 0 aromatic heterocycles. The number of nitrogens with two attached hydrogens (primary N) is 1. The number of primary amides is 1. The van der Waals surface area contributed by atoms with E-state index >= 15 is 0 Å². The van der Waals surface area contributed by atoms with Crippen molar-refractivity contribution in [3.63, 3.8) is 0 Å². The van der Waals surface area contributed by atoms with Gasteiger partial charge in [0, 0.05) is 25.0 Å². The molecule has 0 aliphatic heterocycles.